The minimum atomic E-state index is -3.88. The molecule has 0 saturated carbocycles. The van der Waals surface area contributed by atoms with Crippen LogP contribution in [0.3, 0.4) is 0 Å². The average molecular weight is 441 g/mol. The van der Waals surface area contributed by atoms with E-state index in [2.05, 4.69) is 10.5 Å². The van der Waals surface area contributed by atoms with Gasteiger partial charge in [0.15, 0.2) is 5.75 Å². The number of hydrogen-bond donors (Lipinski definition) is 1. The zero-order valence-corrected chi connectivity index (χ0v) is 17.0. The second-order valence-electron chi connectivity index (χ2n) is 5.70. The van der Waals surface area contributed by atoms with Crippen LogP contribution in [-0.2, 0) is 14.8 Å². The monoisotopic (exact) mass is 440 g/mol. The molecule has 0 aliphatic carbocycles. The molecule has 0 heterocycles. The summed E-state index contributed by atoms with van der Waals surface area (Å²) in [6.45, 7) is -0.481. The summed E-state index contributed by atoms with van der Waals surface area (Å²) in [4.78, 5) is 22.4. The lowest BCUT2D eigenvalue weighted by Crippen LogP contribution is -2.36. The van der Waals surface area contributed by atoms with Gasteiger partial charge in [-0.05, 0) is 36.4 Å². The van der Waals surface area contributed by atoms with E-state index in [1.807, 2.05) is 0 Å². The first-order valence-corrected chi connectivity index (χ1v) is 9.83. The van der Waals surface area contributed by atoms with Crippen molar-refractivity contribution in [3.8, 4) is 5.75 Å². The number of amides is 1. The second kappa shape index (κ2) is 9.45. The van der Waals surface area contributed by atoms with Crippen molar-refractivity contribution in [3.63, 3.8) is 0 Å². The smallest absolute Gasteiger partial charge is 0.311 e. The predicted octanol–water partition coefficient (Wildman–Crippen LogP) is 2.03. The second-order valence-corrected chi connectivity index (χ2v) is 8.18. The maximum atomic E-state index is 12.4. The molecule has 0 radical (unpaired) electrons. The number of hydrazone groups is 1. The molecule has 0 aliphatic heterocycles. The third kappa shape index (κ3) is 5.73. The zero-order valence-electron chi connectivity index (χ0n) is 15.4. The maximum absolute atomic E-state index is 12.4. The van der Waals surface area contributed by atoms with Gasteiger partial charge >= 0.3 is 5.69 Å². The molecular formula is C17H17ClN4O6S. The van der Waals surface area contributed by atoms with Gasteiger partial charge in [0.1, 0.15) is 0 Å². The molecule has 10 nitrogen and oxygen atoms in total. The molecule has 0 spiro atoms. The standard InChI is InChI=1S/C17H17ClN4O6S/c1-21(29(26,27)14-6-4-13(18)5-7-14)11-17(23)20-19-10-12-3-8-16(28-2)15(9-12)22(24)25/h3-10H,11H2,1-2H3,(H,20,23)/b19-10+. The van der Waals surface area contributed by atoms with E-state index < -0.39 is 27.4 Å². The number of hydrogen-bond acceptors (Lipinski definition) is 7. The molecule has 1 amide bonds. The number of benzene rings is 2. The Morgan fingerprint density at radius 2 is 1.97 bits per heavy atom. The number of carbonyl (C=O) groups is 1. The van der Waals surface area contributed by atoms with Crippen molar-refractivity contribution in [3.05, 3.63) is 63.2 Å². The summed E-state index contributed by atoms with van der Waals surface area (Å²) in [5, 5.41) is 15.1. The molecule has 154 valence electrons. The topological polar surface area (TPSA) is 131 Å². The van der Waals surface area contributed by atoms with E-state index in [-0.39, 0.29) is 16.3 Å². The number of nitro groups is 1. The first kappa shape index (κ1) is 22.3. The summed E-state index contributed by atoms with van der Waals surface area (Å²) in [5.74, 6) is -0.602. The van der Waals surface area contributed by atoms with Crippen LogP contribution in [0.15, 0.2) is 52.5 Å². The molecule has 0 bridgehead atoms. The SMILES string of the molecule is COc1ccc(/C=N/NC(=O)CN(C)S(=O)(=O)c2ccc(Cl)cc2)cc1[N+](=O)[O-]. The summed E-state index contributed by atoms with van der Waals surface area (Å²) in [6.07, 6.45) is 1.19. The van der Waals surface area contributed by atoms with Gasteiger partial charge in [0.2, 0.25) is 10.0 Å². The largest absolute Gasteiger partial charge is 0.490 e. The van der Waals surface area contributed by atoms with Crippen molar-refractivity contribution in [1.29, 1.82) is 0 Å². The molecule has 0 atom stereocenters. The molecule has 0 aliphatic rings. The van der Waals surface area contributed by atoms with Gasteiger partial charge < -0.3 is 4.74 Å². The van der Waals surface area contributed by atoms with E-state index in [9.17, 15) is 23.3 Å². The van der Waals surface area contributed by atoms with Crippen LogP contribution in [0.1, 0.15) is 5.56 Å². The molecular weight excluding hydrogens is 424 g/mol. The molecule has 2 rings (SSSR count). The van der Waals surface area contributed by atoms with Crippen LogP contribution in [0, 0.1) is 10.1 Å². The number of likely N-dealkylation sites (N-methyl/N-ethyl adjacent to an activating group) is 1. The maximum Gasteiger partial charge on any atom is 0.311 e. The van der Waals surface area contributed by atoms with Gasteiger partial charge in [-0.25, -0.2) is 13.8 Å². The van der Waals surface area contributed by atoms with Crippen LogP contribution in [0.5, 0.6) is 5.75 Å². The van der Waals surface area contributed by atoms with Crippen LogP contribution in [-0.4, -0.2) is 50.5 Å². The Morgan fingerprint density at radius 1 is 1.31 bits per heavy atom. The fourth-order valence-electron chi connectivity index (χ4n) is 2.22. The number of halogens is 1. The summed E-state index contributed by atoms with van der Waals surface area (Å²) < 4.78 is 30.6. The normalized spacial score (nSPS) is 11.6. The molecule has 12 heteroatoms. The van der Waals surface area contributed by atoms with Crippen molar-refractivity contribution >= 4 is 39.4 Å². The highest BCUT2D eigenvalue weighted by Crippen LogP contribution is 2.26. The number of methoxy groups -OCH3 is 1. The Balaban J connectivity index is 2.01. The fourth-order valence-corrected chi connectivity index (χ4v) is 3.47. The van der Waals surface area contributed by atoms with Gasteiger partial charge in [-0.3, -0.25) is 14.9 Å². The van der Waals surface area contributed by atoms with Gasteiger partial charge in [0, 0.05) is 23.7 Å². The van der Waals surface area contributed by atoms with Crippen LogP contribution in [0.4, 0.5) is 5.69 Å². The fraction of sp³-hybridized carbons (Fsp3) is 0.176. The highest BCUT2D eigenvalue weighted by atomic mass is 35.5. The van der Waals surface area contributed by atoms with Crippen LogP contribution < -0.4 is 10.2 Å². The third-order valence-corrected chi connectivity index (χ3v) is 5.76. The van der Waals surface area contributed by atoms with Gasteiger partial charge in [-0.2, -0.15) is 9.41 Å². The molecule has 0 unspecified atom stereocenters. The first-order chi connectivity index (χ1) is 13.6. The van der Waals surface area contributed by atoms with Gasteiger partial charge in [0.05, 0.1) is 29.7 Å². The summed E-state index contributed by atoms with van der Waals surface area (Å²) in [6, 6.07) is 9.67. The van der Waals surface area contributed by atoms with E-state index in [4.69, 9.17) is 16.3 Å². The molecule has 2 aromatic rings. The molecule has 1 N–H and O–H groups in total. The molecule has 29 heavy (non-hydrogen) atoms. The molecule has 0 saturated heterocycles. The van der Waals surface area contributed by atoms with Crippen molar-refractivity contribution in [2.24, 2.45) is 5.10 Å². The number of nitro benzene ring substituents is 1. The summed E-state index contributed by atoms with van der Waals surface area (Å²) in [7, 11) is -1.32. The van der Waals surface area contributed by atoms with Crippen molar-refractivity contribution in [2.45, 2.75) is 4.90 Å². The molecule has 2 aromatic carbocycles. The Labute approximate surface area is 171 Å². The Bertz CT molecular complexity index is 1040. The predicted molar refractivity (Wildman–Crippen MR) is 107 cm³/mol. The minimum Gasteiger partial charge on any atom is -0.490 e. The first-order valence-electron chi connectivity index (χ1n) is 8.01. The zero-order chi connectivity index (χ0) is 21.6. The highest BCUT2D eigenvalue weighted by Gasteiger charge is 2.22. The number of ether oxygens (including phenoxy) is 1. The lowest BCUT2D eigenvalue weighted by molar-refractivity contribution is -0.385. The number of nitrogens with zero attached hydrogens (tertiary/aromatic N) is 3. The Kier molecular flexibility index (Phi) is 7.26. The van der Waals surface area contributed by atoms with Crippen molar-refractivity contribution in [1.82, 2.24) is 9.73 Å². The van der Waals surface area contributed by atoms with E-state index in [0.717, 1.165) is 4.31 Å². The van der Waals surface area contributed by atoms with Crippen LogP contribution in [0.25, 0.3) is 0 Å². The third-order valence-electron chi connectivity index (χ3n) is 3.69. The van der Waals surface area contributed by atoms with E-state index in [0.29, 0.717) is 10.6 Å². The Morgan fingerprint density at radius 3 is 2.55 bits per heavy atom. The summed E-state index contributed by atoms with van der Waals surface area (Å²) >= 11 is 5.74. The van der Waals surface area contributed by atoms with Crippen molar-refractivity contribution in [2.75, 3.05) is 20.7 Å². The van der Waals surface area contributed by atoms with Gasteiger partial charge in [-0.15, -0.1) is 0 Å². The summed E-state index contributed by atoms with van der Waals surface area (Å²) in [5.41, 5.74) is 2.27. The lowest BCUT2D eigenvalue weighted by Gasteiger charge is -2.16. The number of carbonyl (C=O) groups excluding carboxylic acids is 1. The Hall–Kier alpha value is -3.02. The number of nitrogens with one attached hydrogen (secondary N) is 1. The minimum absolute atomic E-state index is 0.00811. The lowest BCUT2D eigenvalue weighted by atomic mass is 10.2. The number of sulfonamides is 1. The van der Waals surface area contributed by atoms with Crippen molar-refractivity contribution < 1.29 is 22.9 Å². The number of rotatable bonds is 8. The van der Waals surface area contributed by atoms with Gasteiger partial charge in [0.25, 0.3) is 5.91 Å². The average Bonchev–Trinajstić information content (AvgIpc) is 2.68. The van der Waals surface area contributed by atoms with Crippen LogP contribution in [0.2, 0.25) is 5.02 Å². The molecule has 0 aromatic heterocycles. The highest BCUT2D eigenvalue weighted by molar-refractivity contribution is 7.89. The van der Waals surface area contributed by atoms with Crippen LogP contribution >= 0.6 is 11.6 Å². The van der Waals surface area contributed by atoms with E-state index in [1.54, 1.807) is 0 Å². The molecule has 0 fully saturated rings. The quantitative estimate of drug-likeness (QED) is 0.379. The van der Waals surface area contributed by atoms with Gasteiger partial charge in [-0.1, -0.05) is 11.6 Å². The van der Waals surface area contributed by atoms with E-state index in [1.165, 1.54) is 62.8 Å². The van der Waals surface area contributed by atoms with E-state index >= 15 is 0 Å².